The summed E-state index contributed by atoms with van der Waals surface area (Å²) in [7, 11) is -4.06. The standard InChI is InChI=1S/C23H14F3NO6S/c24-23(25,26)14-6-8-15(9-7-14)27-20(28)12-33-22(30)13-5-10-17-19(11-13)34(31,32)18-4-2-1-3-16(18)21(17)29/h1-11H,12H2,(H,27,28). The van der Waals surface area contributed by atoms with Crippen molar-refractivity contribution in [3.8, 4) is 0 Å². The fourth-order valence-electron chi connectivity index (χ4n) is 3.37. The van der Waals surface area contributed by atoms with Gasteiger partial charge in [0.1, 0.15) is 0 Å². The number of hydrogen-bond donors (Lipinski definition) is 1. The maximum atomic E-state index is 12.9. The van der Waals surface area contributed by atoms with Crippen molar-refractivity contribution in [2.24, 2.45) is 0 Å². The molecule has 174 valence electrons. The molecule has 0 saturated carbocycles. The number of rotatable bonds is 4. The molecule has 1 heterocycles. The van der Waals surface area contributed by atoms with Crippen molar-refractivity contribution in [2.45, 2.75) is 16.0 Å². The molecule has 4 rings (SSSR count). The van der Waals surface area contributed by atoms with Crippen LogP contribution in [0.2, 0.25) is 0 Å². The Morgan fingerprint density at radius 1 is 0.882 bits per heavy atom. The van der Waals surface area contributed by atoms with Gasteiger partial charge >= 0.3 is 12.1 Å². The maximum absolute atomic E-state index is 12.9. The van der Waals surface area contributed by atoms with E-state index < -0.39 is 45.8 Å². The summed E-state index contributed by atoms with van der Waals surface area (Å²) in [6.45, 7) is -0.772. The molecule has 0 spiro atoms. The number of esters is 1. The minimum Gasteiger partial charge on any atom is -0.452 e. The van der Waals surface area contributed by atoms with Crippen molar-refractivity contribution in [3.05, 3.63) is 89.0 Å². The number of anilines is 1. The van der Waals surface area contributed by atoms with Gasteiger partial charge in [0.2, 0.25) is 9.84 Å². The molecule has 0 bridgehead atoms. The van der Waals surface area contributed by atoms with Crippen LogP contribution in [0.5, 0.6) is 0 Å². The van der Waals surface area contributed by atoms with Gasteiger partial charge in [0.05, 0.1) is 20.9 Å². The monoisotopic (exact) mass is 489 g/mol. The lowest BCUT2D eigenvalue weighted by Gasteiger charge is -2.19. The van der Waals surface area contributed by atoms with Crippen LogP contribution in [-0.2, 0) is 25.5 Å². The molecule has 7 nitrogen and oxygen atoms in total. The quantitative estimate of drug-likeness (QED) is 0.436. The molecule has 3 aromatic rings. The van der Waals surface area contributed by atoms with Gasteiger partial charge in [0, 0.05) is 16.8 Å². The Morgan fingerprint density at radius 3 is 2.21 bits per heavy atom. The smallest absolute Gasteiger partial charge is 0.416 e. The number of sulfone groups is 1. The number of ether oxygens (including phenoxy) is 1. The number of hydrogen-bond acceptors (Lipinski definition) is 6. The Kier molecular flexibility index (Phi) is 5.74. The molecular formula is C23H14F3NO6S. The fraction of sp³-hybridized carbons (Fsp3) is 0.0870. The number of fused-ring (bicyclic) bond motifs is 2. The highest BCUT2D eigenvalue weighted by Gasteiger charge is 2.35. The highest BCUT2D eigenvalue weighted by atomic mass is 32.2. The Hall–Kier alpha value is -3.99. The van der Waals surface area contributed by atoms with Crippen molar-refractivity contribution in [1.29, 1.82) is 0 Å². The molecule has 0 aromatic heterocycles. The molecular weight excluding hydrogens is 475 g/mol. The van der Waals surface area contributed by atoms with E-state index in [2.05, 4.69) is 5.32 Å². The average molecular weight is 489 g/mol. The number of carbonyl (C=O) groups excluding carboxylic acids is 3. The molecule has 1 aliphatic rings. The largest absolute Gasteiger partial charge is 0.452 e. The number of ketones is 1. The van der Waals surface area contributed by atoms with Gasteiger partial charge in [-0.1, -0.05) is 12.1 Å². The second kappa shape index (κ2) is 8.41. The van der Waals surface area contributed by atoms with Crippen LogP contribution in [0.15, 0.2) is 76.5 Å². The van der Waals surface area contributed by atoms with Crippen molar-refractivity contribution >= 4 is 33.2 Å². The third-order valence-corrected chi connectivity index (χ3v) is 6.85. The highest BCUT2D eigenvalue weighted by Crippen LogP contribution is 2.35. The van der Waals surface area contributed by atoms with E-state index in [1.54, 1.807) is 6.07 Å². The van der Waals surface area contributed by atoms with Crippen molar-refractivity contribution in [1.82, 2.24) is 0 Å². The number of carbonyl (C=O) groups is 3. The normalized spacial score (nSPS) is 14.0. The number of benzene rings is 3. The van der Waals surface area contributed by atoms with Crippen LogP contribution < -0.4 is 5.32 Å². The molecule has 0 aliphatic carbocycles. The van der Waals surface area contributed by atoms with Gasteiger partial charge in [0.15, 0.2) is 12.4 Å². The first-order valence-electron chi connectivity index (χ1n) is 9.65. The van der Waals surface area contributed by atoms with Gasteiger partial charge in [-0.2, -0.15) is 13.2 Å². The molecule has 0 atom stereocenters. The third kappa shape index (κ3) is 4.29. The van der Waals surface area contributed by atoms with E-state index >= 15 is 0 Å². The molecule has 1 N–H and O–H groups in total. The minimum atomic E-state index is -4.52. The average Bonchev–Trinajstić information content (AvgIpc) is 2.81. The second-order valence-corrected chi connectivity index (χ2v) is 9.13. The van der Waals surface area contributed by atoms with E-state index in [1.165, 1.54) is 30.3 Å². The van der Waals surface area contributed by atoms with Crippen LogP contribution in [0, 0.1) is 0 Å². The van der Waals surface area contributed by atoms with Gasteiger partial charge in [-0.05, 0) is 54.6 Å². The fourth-order valence-corrected chi connectivity index (χ4v) is 5.04. The summed E-state index contributed by atoms with van der Waals surface area (Å²) in [6, 6.07) is 12.8. The molecule has 1 amide bonds. The molecule has 0 saturated heterocycles. The molecule has 0 fully saturated rings. The number of alkyl halides is 3. The Balaban J connectivity index is 1.46. The molecule has 0 unspecified atom stereocenters. The summed E-state index contributed by atoms with van der Waals surface area (Å²) < 4.78 is 68.5. The van der Waals surface area contributed by atoms with Crippen molar-refractivity contribution in [2.75, 3.05) is 11.9 Å². The van der Waals surface area contributed by atoms with E-state index in [-0.39, 0.29) is 32.2 Å². The van der Waals surface area contributed by atoms with Gasteiger partial charge < -0.3 is 10.1 Å². The lowest BCUT2D eigenvalue weighted by molar-refractivity contribution is -0.137. The summed E-state index contributed by atoms with van der Waals surface area (Å²) in [6.07, 6.45) is -4.52. The minimum absolute atomic E-state index is 0.0327. The Bertz CT molecular complexity index is 1430. The summed E-state index contributed by atoms with van der Waals surface area (Å²) in [5.74, 6) is -2.34. The first-order valence-corrected chi connectivity index (χ1v) is 11.1. The number of amides is 1. The van der Waals surface area contributed by atoms with Crippen LogP contribution >= 0.6 is 0 Å². The Morgan fingerprint density at radius 2 is 1.53 bits per heavy atom. The first-order chi connectivity index (χ1) is 16.0. The number of halogens is 3. The van der Waals surface area contributed by atoms with E-state index in [1.807, 2.05) is 0 Å². The van der Waals surface area contributed by atoms with Crippen LogP contribution in [0.3, 0.4) is 0 Å². The second-order valence-electron chi connectivity index (χ2n) is 7.24. The Labute approximate surface area is 191 Å². The van der Waals surface area contributed by atoms with Crippen molar-refractivity contribution < 1.29 is 40.7 Å². The topological polar surface area (TPSA) is 107 Å². The lowest BCUT2D eigenvalue weighted by atomic mass is 10.0. The zero-order chi connectivity index (χ0) is 24.7. The molecule has 3 aromatic carbocycles. The number of nitrogens with one attached hydrogen (secondary N) is 1. The molecule has 11 heteroatoms. The third-order valence-electron chi connectivity index (χ3n) is 5.00. The van der Waals surface area contributed by atoms with E-state index in [9.17, 15) is 36.0 Å². The predicted octanol–water partition coefficient (Wildman–Crippen LogP) is 3.88. The summed E-state index contributed by atoms with van der Waals surface area (Å²) in [5, 5.41) is 2.28. The predicted molar refractivity (Wildman–Crippen MR) is 112 cm³/mol. The van der Waals surface area contributed by atoms with Gasteiger partial charge in [-0.15, -0.1) is 0 Å². The van der Waals surface area contributed by atoms with Crippen molar-refractivity contribution in [3.63, 3.8) is 0 Å². The van der Waals surface area contributed by atoms with E-state index in [0.29, 0.717) is 0 Å². The van der Waals surface area contributed by atoms with Gasteiger partial charge in [-0.3, -0.25) is 9.59 Å². The van der Waals surface area contributed by atoms with E-state index in [4.69, 9.17) is 4.74 Å². The SMILES string of the molecule is O=C(COC(=O)c1ccc2c(c1)S(=O)(=O)c1ccccc1C2=O)Nc1ccc(C(F)(F)F)cc1. The van der Waals surface area contributed by atoms with E-state index in [0.717, 1.165) is 30.3 Å². The lowest BCUT2D eigenvalue weighted by Crippen LogP contribution is -2.23. The maximum Gasteiger partial charge on any atom is 0.416 e. The zero-order valence-corrected chi connectivity index (χ0v) is 17.9. The first kappa shape index (κ1) is 23.2. The summed E-state index contributed by atoms with van der Waals surface area (Å²) in [5.41, 5.74) is -1.08. The molecule has 0 radical (unpaired) electrons. The van der Waals surface area contributed by atoms with Crippen LogP contribution in [0.4, 0.5) is 18.9 Å². The van der Waals surface area contributed by atoms with Crippen LogP contribution in [0.25, 0.3) is 0 Å². The summed E-state index contributed by atoms with van der Waals surface area (Å²) in [4.78, 5) is 36.5. The highest BCUT2D eigenvalue weighted by molar-refractivity contribution is 7.91. The van der Waals surface area contributed by atoms with Crippen LogP contribution in [-0.4, -0.2) is 32.7 Å². The van der Waals surface area contributed by atoms with Gasteiger partial charge in [0.25, 0.3) is 5.91 Å². The van der Waals surface area contributed by atoms with Crippen LogP contribution in [0.1, 0.15) is 31.8 Å². The molecule has 1 aliphatic heterocycles. The van der Waals surface area contributed by atoms with Gasteiger partial charge in [-0.25, -0.2) is 13.2 Å². The molecule has 34 heavy (non-hydrogen) atoms. The zero-order valence-electron chi connectivity index (χ0n) is 17.0. The summed E-state index contributed by atoms with van der Waals surface area (Å²) >= 11 is 0.